The lowest BCUT2D eigenvalue weighted by molar-refractivity contribution is -0.149. The first kappa shape index (κ1) is 19.9. The van der Waals surface area contributed by atoms with Crippen molar-refractivity contribution in [2.45, 2.75) is 59.8 Å². The molecule has 0 aliphatic rings. The Balaban J connectivity index is 4.34. The zero-order valence-corrected chi connectivity index (χ0v) is 13.9. The number of aliphatic carboxylic acids is 1. The molecule has 0 fully saturated rings. The number of carbonyl (C=O) groups excluding carboxylic acids is 1. The van der Waals surface area contributed by atoms with Crippen molar-refractivity contribution in [1.29, 1.82) is 0 Å². The van der Waals surface area contributed by atoms with E-state index in [1.54, 1.807) is 0 Å². The number of carboxylic acid groups (broad SMARTS) is 1. The Morgan fingerprint density at radius 2 is 1.76 bits per heavy atom. The van der Waals surface area contributed by atoms with Crippen molar-refractivity contribution < 1.29 is 14.7 Å². The third kappa shape index (κ3) is 6.46. The van der Waals surface area contributed by atoms with Gasteiger partial charge in [0.15, 0.2) is 0 Å². The molecule has 0 aromatic heterocycles. The monoisotopic (exact) mass is 300 g/mol. The first-order valence-corrected chi connectivity index (χ1v) is 8.03. The number of hydrogen-bond donors (Lipinski definition) is 3. The van der Waals surface area contributed by atoms with Crippen LogP contribution in [0.5, 0.6) is 0 Å². The van der Waals surface area contributed by atoms with Gasteiger partial charge < -0.3 is 16.2 Å². The van der Waals surface area contributed by atoms with Gasteiger partial charge in [-0.25, -0.2) is 0 Å². The number of nitrogens with two attached hydrogens (primary N) is 1. The van der Waals surface area contributed by atoms with Crippen LogP contribution in [0.1, 0.15) is 59.8 Å². The van der Waals surface area contributed by atoms with Gasteiger partial charge in [-0.05, 0) is 44.1 Å². The van der Waals surface area contributed by atoms with Crippen LogP contribution in [-0.4, -0.2) is 30.1 Å². The van der Waals surface area contributed by atoms with Crippen molar-refractivity contribution in [3.05, 3.63) is 0 Å². The van der Waals surface area contributed by atoms with Crippen LogP contribution >= 0.6 is 0 Å². The Morgan fingerprint density at radius 3 is 2.14 bits per heavy atom. The minimum Gasteiger partial charge on any atom is -0.481 e. The smallest absolute Gasteiger partial charge is 0.311 e. The molecule has 0 heterocycles. The predicted molar refractivity (Wildman–Crippen MR) is 84.9 cm³/mol. The fourth-order valence-corrected chi connectivity index (χ4v) is 2.58. The van der Waals surface area contributed by atoms with Crippen LogP contribution in [0, 0.1) is 17.3 Å². The van der Waals surface area contributed by atoms with Crippen LogP contribution in [0.3, 0.4) is 0 Å². The van der Waals surface area contributed by atoms with E-state index in [1.165, 1.54) is 0 Å². The zero-order valence-electron chi connectivity index (χ0n) is 13.9. The third-order valence-electron chi connectivity index (χ3n) is 4.65. The first-order valence-electron chi connectivity index (χ1n) is 8.03. The average Bonchev–Trinajstić information content (AvgIpc) is 2.44. The normalized spacial score (nSPS) is 13.2. The fourth-order valence-electron chi connectivity index (χ4n) is 2.58. The Hall–Kier alpha value is -1.10. The van der Waals surface area contributed by atoms with E-state index < -0.39 is 11.4 Å². The Kier molecular flexibility index (Phi) is 9.26. The first-order chi connectivity index (χ1) is 9.82. The van der Waals surface area contributed by atoms with Crippen LogP contribution < -0.4 is 11.1 Å². The molecule has 124 valence electrons. The molecule has 21 heavy (non-hydrogen) atoms. The molecule has 0 bridgehead atoms. The lowest BCUT2D eigenvalue weighted by Crippen LogP contribution is -2.42. The molecule has 0 saturated carbocycles. The summed E-state index contributed by atoms with van der Waals surface area (Å²) in [6.45, 7) is 8.82. The highest BCUT2D eigenvalue weighted by Gasteiger charge is 2.35. The summed E-state index contributed by atoms with van der Waals surface area (Å²) < 4.78 is 0. The molecule has 5 nitrogen and oxygen atoms in total. The minimum atomic E-state index is -0.843. The minimum absolute atomic E-state index is 0.0646. The van der Waals surface area contributed by atoms with Crippen LogP contribution in [0.4, 0.5) is 0 Å². The van der Waals surface area contributed by atoms with Crippen LogP contribution in [0.15, 0.2) is 0 Å². The average molecular weight is 300 g/mol. The number of hydrogen-bond acceptors (Lipinski definition) is 3. The molecule has 5 heteroatoms. The molecule has 0 spiro atoms. The van der Waals surface area contributed by atoms with E-state index in [9.17, 15) is 14.7 Å². The maximum Gasteiger partial charge on any atom is 0.311 e. The van der Waals surface area contributed by atoms with Gasteiger partial charge in [-0.3, -0.25) is 9.59 Å². The maximum atomic E-state index is 11.9. The second-order valence-corrected chi connectivity index (χ2v) is 6.19. The van der Waals surface area contributed by atoms with E-state index >= 15 is 0 Å². The van der Waals surface area contributed by atoms with Gasteiger partial charge in [0.2, 0.25) is 5.91 Å². The highest BCUT2D eigenvalue weighted by atomic mass is 16.4. The quantitative estimate of drug-likeness (QED) is 0.546. The number of rotatable bonds is 11. The van der Waals surface area contributed by atoms with E-state index in [0.717, 1.165) is 12.8 Å². The molecule has 0 aliphatic carbocycles. The standard InChI is InChI=1S/C16H32N2O3/c1-5-16(6-2,15(20)21)11-18-14(19)8-7-13(9-10-17)12(3)4/h12-13H,5-11,17H2,1-4H3,(H,18,19)(H,20,21). The summed E-state index contributed by atoms with van der Waals surface area (Å²) in [6.07, 6.45) is 3.20. The summed E-state index contributed by atoms with van der Waals surface area (Å²) in [7, 11) is 0. The van der Waals surface area contributed by atoms with E-state index in [4.69, 9.17) is 5.73 Å². The molecule has 4 N–H and O–H groups in total. The van der Waals surface area contributed by atoms with E-state index in [1.807, 2.05) is 13.8 Å². The van der Waals surface area contributed by atoms with Gasteiger partial charge in [-0.2, -0.15) is 0 Å². The summed E-state index contributed by atoms with van der Waals surface area (Å²) in [5.74, 6) is 0.0502. The second kappa shape index (κ2) is 9.77. The van der Waals surface area contributed by atoms with Crippen LogP contribution in [0.2, 0.25) is 0 Å². The van der Waals surface area contributed by atoms with E-state index in [2.05, 4.69) is 19.2 Å². The van der Waals surface area contributed by atoms with Crippen molar-refractivity contribution >= 4 is 11.9 Å². The van der Waals surface area contributed by atoms with Gasteiger partial charge in [0.05, 0.1) is 5.41 Å². The summed E-state index contributed by atoms with van der Waals surface area (Å²) in [4.78, 5) is 23.3. The van der Waals surface area contributed by atoms with Crippen molar-refractivity contribution in [1.82, 2.24) is 5.32 Å². The predicted octanol–water partition coefficient (Wildman–Crippen LogP) is 2.39. The van der Waals surface area contributed by atoms with Crippen LogP contribution in [0.25, 0.3) is 0 Å². The molecule has 1 amide bonds. The second-order valence-electron chi connectivity index (χ2n) is 6.19. The van der Waals surface area contributed by atoms with Gasteiger partial charge in [0, 0.05) is 13.0 Å². The highest BCUT2D eigenvalue weighted by molar-refractivity contribution is 5.79. The highest BCUT2D eigenvalue weighted by Crippen LogP contribution is 2.26. The van der Waals surface area contributed by atoms with Gasteiger partial charge in [0.25, 0.3) is 0 Å². The molecule has 0 aromatic carbocycles. The number of carbonyl (C=O) groups is 2. The fraction of sp³-hybridized carbons (Fsp3) is 0.875. The molecule has 0 aromatic rings. The topological polar surface area (TPSA) is 92.4 Å². The summed E-state index contributed by atoms with van der Waals surface area (Å²) >= 11 is 0. The summed E-state index contributed by atoms with van der Waals surface area (Å²) in [5.41, 5.74) is 4.75. The molecular formula is C16H32N2O3. The van der Waals surface area contributed by atoms with Crippen molar-refractivity contribution in [2.24, 2.45) is 23.0 Å². The SMILES string of the molecule is CCC(CC)(CNC(=O)CCC(CCN)C(C)C)C(=O)O. The van der Waals surface area contributed by atoms with Gasteiger partial charge in [-0.15, -0.1) is 0 Å². The molecule has 0 rings (SSSR count). The van der Waals surface area contributed by atoms with Crippen molar-refractivity contribution in [2.75, 3.05) is 13.1 Å². The third-order valence-corrected chi connectivity index (χ3v) is 4.65. The Bertz CT molecular complexity index is 325. The number of nitrogens with one attached hydrogen (secondary N) is 1. The zero-order chi connectivity index (χ0) is 16.5. The van der Waals surface area contributed by atoms with Gasteiger partial charge >= 0.3 is 5.97 Å². The maximum absolute atomic E-state index is 11.9. The van der Waals surface area contributed by atoms with Crippen molar-refractivity contribution in [3.8, 4) is 0 Å². The lowest BCUT2D eigenvalue weighted by Gasteiger charge is -2.27. The lowest BCUT2D eigenvalue weighted by atomic mass is 9.82. The molecule has 0 radical (unpaired) electrons. The molecule has 1 unspecified atom stereocenters. The van der Waals surface area contributed by atoms with Gasteiger partial charge in [-0.1, -0.05) is 27.7 Å². The molecule has 1 atom stereocenters. The molecule has 0 saturated heterocycles. The summed E-state index contributed by atoms with van der Waals surface area (Å²) in [5, 5.41) is 12.1. The van der Waals surface area contributed by atoms with E-state index in [-0.39, 0.29) is 12.5 Å². The Labute approximate surface area is 128 Å². The summed E-state index contributed by atoms with van der Waals surface area (Å²) in [6, 6.07) is 0. The van der Waals surface area contributed by atoms with Crippen LogP contribution in [-0.2, 0) is 9.59 Å². The number of amides is 1. The van der Waals surface area contributed by atoms with Crippen molar-refractivity contribution in [3.63, 3.8) is 0 Å². The van der Waals surface area contributed by atoms with E-state index in [0.29, 0.717) is 37.6 Å². The Morgan fingerprint density at radius 1 is 1.19 bits per heavy atom. The molecule has 0 aliphatic heterocycles. The number of carboxylic acids is 1. The van der Waals surface area contributed by atoms with Gasteiger partial charge in [0.1, 0.15) is 0 Å². The largest absolute Gasteiger partial charge is 0.481 e. The molecular weight excluding hydrogens is 268 g/mol.